The Bertz CT molecular complexity index is 722. The van der Waals surface area contributed by atoms with Crippen LogP contribution < -0.4 is 0 Å². The molecule has 5 heteroatoms. The fourth-order valence-electron chi connectivity index (χ4n) is 1.83. The molecule has 3 aromatic rings. The van der Waals surface area contributed by atoms with Gasteiger partial charge in [0.25, 0.3) is 0 Å². The minimum absolute atomic E-state index is 0.255. The van der Waals surface area contributed by atoms with E-state index in [1.165, 1.54) is 0 Å². The van der Waals surface area contributed by atoms with Crippen molar-refractivity contribution in [1.29, 1.82) is 0 Å². The number of aromatic nitrogens is 2. The number of benzene rings is 2. The predicted octanol–water partition coefficient (Wildman–Crippen LogP) is 2.47. The Morgan fingerprint density at radius 1 is 1.11 bits per heavy atom. The molecule has 0 aliphatic heterocycles. The minimum Gasteiger partial charge on any atom is -0.768 e. The lowest BCUT2D eigenvalue weighted by Crippen LogP contribution is -1.87. The summed E-state index contributed by atoms with van der Waals surface area (Å²) in [5.41, 5.74) is 2.44. The summed E-state index contributed by atoms with van der Waals surface area (Å²) < 4.78 is 21.8. The van der Waals surface area contributed by atoms with Gasteiger partial charge >= 0.3 is 0 Å². The van der Waals surface area contributed by atoms with Crippen molar-refractivity contribution in [2.45, 2.75) is 4.90 Å². The van der Waals surface area contributed by atoms with Gasteiger partial charge in [0.15, 0.2) is 0 Å². The SMILES string of the molecule is O=S([O-])c1ccc2nc(-c3ccccc3)[nH]c2c1. The number of nitrogens with one attached hydrogen (secondary N) is 1. The van der Waals surface area contributed by atoms with Crippen molar-refractivity contribution >= 4 is 22.1 Å². The van der Waals surface area contributed by atoms with Crippen molar-refractivity contribution in [1.82, 2.24) is 9.97 Å². The number of H-pyrrole nitrogens is 1. The largest absolute Gasteiger partial charge is 0.768 e. The van der Waals surface area contributed by atoms with Gasteiger partial charge in [-0.15, -0.1) is 0 Å². The Balaban J connectivity index is 2.14. The highest BCUT2D eigenvalue weighted by Crippen LogP contribution is 2.21. The van der Waals surface area contributed by atoms with Gasteiger partial charge in [-0.05, 0) is 29.3 Å². The average molecular weight is 257 g/mol. The third-order valence-electron chi connectivity index (χ3n) is 2.69. The number of rotatable bonds is 2. The fourth-order valence-corrected chi connectivity index (χ4v) is 2.22. The molecule has 3 rings (SSSR count). The molecule has 4 nitrogen and oxygen atoms in total. The molecular weight excluding hydrogens is 248 g/mol. The summed E-state index contributed by atoms with van der Waals surface area (Å²) >= 11 is -2.22. The maximum Gasteiger partial charge on any atom is 0.138 e. The first-order chi connectivity index (χ1) is 8.74. The van der Waals surface area contributed by atoms with E-state index in [0.29, 0.717) is 0 Å². The van der Waals surface area contributed by atoms with Gasteiger partial charge in [0.2, 0.25) is 0 Å². The molecule has 0 fully saturated rings. The number of imidazole rings is 1. The van der Waals surface area contributed by atoms with E-state index >= 15 is 0 Å². The van der Waals surface area contributed by atoms with Gasteiger partial charge in [-0.1, -0.05) is 30.3 Å². The molecule has 0 amide bonds. The molecule has 0 saturated heterocycles. The van der Waals surface area contributed by atoms with Gasteiger partial charge in [0.1, 0.15) is 5.82 Å². The lowest BCUT2D eigenvalue weighted by atomic mass is 10.2. The molecule has 18 heavy (non-hydrogen) atoms. The highest BCUT2D eigenvalue weighted by atomic mass is 32.2. The first-order valence-electron chi connectivity index (χ1n) is 5.38. The topological polar surface area (TPSA) is 68.8 Å². The number of hydrogen-bond donors (Lipinski definition) is 1. The monoisotopic (exact) mass is 257 g/mol. The molecule has 0 bridgehead atoms. The minimum atomic E-state index is -2.22. The van der Waals surface area contributed by atoms with Crippen LogP contribution in [0, 0.1) is 0 Å². The molecular formula is C13H9N2O2S-. The molecule has 0 aliphatic rings. The highest BCUT2D eigenvalue weighted by Gasteiger charge is 2.05. The maximum atomic E-state index is 10.9. The second-order valence-corrected chi connectivity index (χ2v) is 4.81. The Hall–Kier alpha value is -1.98. The first-order valence-corrected chi connectivity index (χ1v) is 6.46. The van der Waals surface area contributed by atoms with E-state index in [4.69, 9.17) is 0 Å². The summed E-state index contributed by atoms with van der Waals surface area (Å²) in [6.07, 6.45) is 0. The lowest BCUT2D eigenvalue weighted by molar-refractivity contribution is 0.537. The van der Waals surface area contributed by atoms with Gasteiger partial charge in [-0.3, -0.25) is 4.21 Å². The van der Waals surface area contributed by atoms with Crippen LogP contribution >= 0.6 is 0 Å². The van der Waals surface area contributed by atoms with Crippen LogP contribution in [0.5, 0.6) is 0 Å². The maximum absolute atomic E-state index is 10.9. The molecule has 1 N–H and O–H groups in total. The Morgan fingerprint density at radius 2 is 1.89 bits per heavy atom. The van der Waals surface area contributed by atoms with Crippen LogP contribution in [0.3, 0.4) is 0 Å². The van der Waals surface area contributed by atoms with E-state index < -0.39 is 11.1 Å². The van der Waals surface area contributed by atoms with Crippen LogP contribution in [0.1, 0.15) is 0 Å². The predicted molar refractivity (Wildman–Crippen MR) is 68.7 cm³/mol. The van der Waals surface area contributed by atoms with Crippen LogP contribution in [-0.2, 0) is 11.1 Å². The number of nitrogens with zero attached hydrogens (tertiary/aromatic N) is 1. The number of aromatic amines is 1. The van der Waals surface area contributed by atoms with Crippen LogP contribution in [0.4, 0.5) is 0 Å². The van der Waals surface area contributed by atoms with Gasteiger partial charge in [0.05, 0.1) is 11.0 Å². The van der Waals surface area contributed by atoms with Crippen LogP contribution in [0.25, 0.3) is 22.4 Å². The first kappa shape index (κ1) is 11.1. The summed E-state index contributed by atoms with van der Waals surface area (Å²) in [6, 6.07) is 14.5. The van der Waals surface area contributed by atoms with Gasteiger partial charge in [0, 0.05) is 10.5 Å². The molecule has 2 aromatic carbocycles. The van der Waals surface area contributed by atoms with Gasteiger partial charge < -0.3 is 9.54 Å². The molecule has 1 aromatic heterocycles. The van der Waals surface area contributed by atoms with Crippen LogP contribution in [-0.4, -0.2) is 18.7 Å². The number of fused-ring (bicyclic) bond motifs is 1. The lowest BCUT2D eigenvalue weighted by Gasteiger charge is -2.03. The van der Waals surface area contributed by atoms with E-state index in [0.717, 1.165) is 22.4 Å². The summed E-state index contributed by atoms with van der Waals surface area (Å²) in [7, 11) is 0. The van der Waals surface area contributed by atoms with E-state index in [9.17, 15) is 8.76 Å². The Kier molecular flexibility index (Phi) is 2.70. The zero-order valence-corrected chi connectivity index (χ0v) is 10.1. The molecule has 1 heterocycles. The summed E-state index contributed by atoms with van der Waals surface area (Å²) in [4.78, 5) is 7.80. The molecule has 0 saturated carbocycles. The van der Waals surface area contributed by atoms with Crippen molar-refractivity contribution in [2.75, 3.05) is 0 Å². The summed E-state index contributed by atoms with van der Waals surface area (Å²) in [6.45, 7) is 0. The molecule has 0 spiro atoms. The summed E-state index contributed by atoms with van der Waals surface area (Å²) in [5.74, 6) is 0.736. The zero-order chi connectivity index (χ0) is 12.5. The van der Waals surface area contributed by atoms with E-state index in [1.54, 1.807) is 18.2 Å². The van der Waals surface area contributed by atoms with Crippen LogP contribution in [0.2, 0.25) is 0 Å². The van der Waals surface area contributed by atoms with E-state index in [-0.39, 0.29) is 4.90 Å². The standard InChI is InChI=1S/C13H10N2O2S/c16-18(17)10-6-7-11-12(8-10)15-13(14-11)9-4-2-1-3-5-9/h1-8H,(H,14,15)(H,16,17)/p-1. The van der Waals surface area contributed by atoms with Crippen molar-refractivity contribution in [3.8, 4) is 11.4 Å². The van der Waals surface area contributed by atoms with Crippen LogP contribution in [0.15, 0.2) is 53.4 Å². The highest BCUT2D eigenvalue weighted by molar-refractivity contribution is 7.79. The Labute approximate surface area is 106 Å². The van der Waals surface area contributed by atoms with Crippen molar-refractivity contribution in [2.24, 2.45) is 0 Å². The molecule has 0 radical (unpaired) electrons. The fraction of sp³-hybridized carbons (Fsp3) is 0. The van der Waals surface area contributed by atoms with E-state index in [2.05, 4.69) is 9.97 Å². The number of hydrogen-bond acceptors (Lipinski definition) is 3. The second kappa shape index (κ2) is 4.36. The molecule has 1 unspecified atom stereocenters. The normalized spacial score (nSPS) is 12.7. The Morgan fingerprint density at radius 3 is 2.61 bits per heavy atom. The van der Waals surface area contributed by atoms with Crippen molar-refractivity contribution in [3.05, 3.63) is 48.5 Å². The van der Waals surface area contributed by atoms with Gasteiger partial charge in [-0.25, -0.2) is 4.98 Å². The molecule has 0 aliphatic carbocycles. The third kappa shape index (κ3) is 1.94. The van der Waals surface area contributed by atoms with Crippen molar-refractivity contribution < 1.29 is 8.76 Å². The van der Waals surface area contributed by atoms with Crippen molar-refractivity contribution in [3.63, 3.8) is 0 Å². The third-order valence-corrected chi connectivity index (χ3v) is 3.33. The van der Waals surface area contributed by atoms with Gasteiger partial charge in [-0.2, -0.15) is 0 Å². The van der Waals surface area contributed by atoms with E-state index in [1.807, 2.05) is 30.3 Å². The molecule has 1 atom stereocenters. The second-order valence-electron chi connectivity index (χ2n) is 3.87. The smallest absolute Gasteiger partial charge is 0.138 e. The zero-order valence-electron chi connectivity index (χ0n) is 9.29. The summed E-state index contributed by atoms with van der Waals surface area (Å²) in [5, 5.41) is 0. The molecule has 90 valence electrons. The average Bonchev–Trinajstić information content (AvgIpc) is 2.82. The quantitative estimate of drug-likeness (QED) is 0.717.